The first-order valence-corrected chi connectivity index (χ1v) is 7.85. The summed E-state index contributed by atoms with van der Waals surface area (Å²) in [6.07, 6.45) is 1.46. The van der Waals surface area contributed by atoms with Crippen molar-refractivity contribution >= 4 is 21.6 Å². The largest absolute Gasteiger partial charge is 0.246 e. The molecule has 0 aliphatic heterocycles. The first-order valence-electron chi connectivity index (χ1n) is 6.03. The fourth-order valence-electron chi connectivity index (χ4n) is 1.77. The third kappa shape index (κ3) is 3.17. The van der Waals surface area contributed by atoms with Gasteiger partial charge in [-0.3, -0.25) is 0 Å². The minimum atomic E-state index is -3.64. The Kier molecular flexibility index (Phi) is 4.42. The maximum atomic E-state index is 12.4. The fraction of sp³-hybridized carbons (Fsp3) is 0.214. The van der Waals surface area contributed by atoms with Gasteiger partial charge in [0.1, 0.15) is 10.0 Å². The summed E-state index contributed by atoms with van der Waals surface area (Å²) < 4.78 is 26.1. The molecule has 0 bridgehead atoms. The lowest BCUT2D eigenvalue weighted by atomic mass is 10.1. The Morgan fingerprint density at radius 3 is 2.45 bits per heavy atom. The predicted molar refractivity (Wildman–Crippen MR) is 79.1 cm³/mol. The van der Waals surface area contributed by atoms with Gasteiger partial charge in [-0.25, -0.2) is 13.4 Å². The van der Waals surface area contributed by atoms with E-state index in [1.165, 1.54) is 23.6 Å². The number of aryl methyl sites for hydroxylation is 1. The smallest absolute Gasteiger partial charge is 0.243 e. The van der Waals surface area contributed by atoms with Crippen molar-refractivity contribution in [2.75, 3.05) is 7.05 Å². The van der Waals surface area contributed by atoms with E-state index in [4.69, 9.17) is 11.6 Å². The van der Waals surface area contributed by atoms with Crippen molar-refractivity contribution in [2.45, 2.75) is 18.4 Å². The monoisotopic (exact) mass is 310 g/mol. The number of benzene rings is 1. The molecule has 0 aliphatic carbocycles. The SMILES string of the molecule is Cc1ccc(CN(C)S(=O)(=O)c2cccnc2Cl)cc1. The minimum absolute atomic E-state index is 0.0109. The van der Waals surface area contributed by atoms with Gasteiger partial charge in [-0.15, -0.1) is 0 Å². The second-order valence-electron chi connectivity index (χ2n) is 4.54. The first-order chi connectivity index (χ1) is 9.41. The number of rotatable bonds is 4. The molecule has 0 saturated carbocycles. The van der Waals surface area contributed by atoms with Crippen LogP contribution in [0.5, 0.6) is 0 Å². The zero-order valence-electron chi connectivity index (χ0n) is 11.2. The topological polar surface area (TPSA) is 50.3 Å². The highest BCUT2D eigenvalue weighted by Gasteiger charge is 2.23. The average molecular weight is 311 g/mol. The molecule has 20 heavy (non-hydrogen) atoms. The number of nitrogens with zero attached hydrogens (tertiary/aromatic N) is 2. The predicted octanol–water partition coefficient (Wildman–Crippen LogP) is 2.86. The lowest BCUT2D eigenvalue weighted by molar-refractivity contribution is 0.466. The van der Waals surface area contributed by atoms with E-state index in [1.807, 2.05) is 31.2 Å². The molecule has 0 radical (unpaired) electrons. The molecule has 0 N–H and O–H groups in total. The van der Waals surface area contributed by atoms with E-state index in [2.05, 4.69) is 4.98 Å². The van der Waals surface area contributed by atoms with Crippen LogP contribution in [0.4, 0.5) is 0 Å². The quantitative estimate of drug-likeness (QED) is 0.816. The van der Waals surface area contributed by atoms with E-state index in [-0.39, 0.29) is 16.6 Å². The Morgan fingerprint density at radius 1 is 1.20 bits per heavy atom. The maximum absolute atomic E-state index is 12.4. The van der Waals surface area contributed by atoms with E-state index in [9.17, 15) is 8.42 Å². The van der Waals surface area contributed by atoms with E-state index < -0.39 is 10.0 Å². The van der Waals surface area contributed by atoms with Crippen LogP contribution in [0.15, 0.2) is 47.5 Å². The van der Waals surface area contributed by atoms with Gasteiger partial charge >= 0.3 is 0 Å². The highest BCUT2D eigenvalue weighted by molar-refractivity contribution is 7.89. The summed E-state index contributed by atoms with van der Waals surface area (Å²) in [5, 5.41) is -0.0109. The number of sulfonamides is 1. The molecule has 0 spiro atoms. The van der Waals surface area contributed by atoms with Gasteiger partial charge in [0.2, 0.25) is 10.0 Å². The van der Waals surface area contributed by atoms with Gasteiger partial charge in [0.05, 0.1) is 0 Å². The van der Waals surface area contributed by atoms with E-state index >= 15 is 0 Å². The summed E-state index contributed by atoms with van der Waals surface area (Å²) in [5.74, 6) is 0. The summed E-state index contributed by atoms with van der Waals surface area (Å²) in [5.41, 5.74) is 2.05. The van der Waals surface area contributed by atoms with Gasteiger partial charge in [-0.2, -0.15) is 4.31 Å². The van der Waals surface area contributed by atoms with Gasteiger partial charge in [-0.1, -0.05) is 41.4 Å². The molecule has 106 valence electrons. The summed E-state index contributed by atoms with van der Waals surface area (Å²) in [6.45, 7) is 2.27. The summed E-state index contributed by atoms with van der Waals surface area (Å²) in [7, 11) is -2.11. The lowest BCUT2D eigenvalue weighted by Gasteiger charge is -2.17. The Morgan fingerprint density at radius 2 is 1.85 bits per heavy atom. The second-order valence-corrected chi connectivity index (χ2v) is 6.91. The Bertz CT molecular complexity index is 699. The van der Waals surface area contributed by atoms with Gasteiger partial charge in [0.15, 0.2) is 0 Å². The summed E-state index contributed by atoms with van der Waals surface area (Å²) in [6, 6.07) is 10.7. The molecular weight excluding hydrogens is 296 g/mol. The molecule has 0 unspecified atom stereocenters. The van der Waals surface area contributed by atoms with Crippen LogP contribution in [0.3, 0.4) is 0 Å². The number of aromatic nitrogens is 1. The van der Waals surface area contributed by atoms with Crippen LogP contribution in [-0.4, -0.2) is 24.8 Å². The van der Waals surface area contributed by atoms with Crippen LogP contribution in [-0.2, 0) is 16.6 Å². The van der Waals surface area contributed by atoms with E-state index in [1.54, 1.807) is 6.07 Å². The molecule has 0 atom stereocenters. The zero-order chi connectivity index (χ0) is 14.8. The van der Waals surface area contributed by atoms with Crippen LogP contribution < -0.4 is 0 Å². The molecule has 0 aliphatic rings. The van der Waals surface area contributed by atoms with Gasteiger partial charge in [0, 0.05) is 19.8 Å². The maximum Gasteiger partial charge on any atom is 0.246 e. The van der Waals surface area contributed by atoms with Crippen molar-refractivity contribution in [1.29, 1.82) is 0 Å². The van der Waals surface area contributed by atoms with Crippen molar-refractivity contribution < 1.29 is 8.42 Å². The van der Waals surface area contributed by atoms with Crippen LogP contribution in [0.25, 0.3) is 0 Å². The van der Waals surface area contributed by atoms with Crippen LogP contribution in [0, 0.1) is 6.92 Å². The number of hydrogen-bond acceptors (Lipinski definition) is 3. The molecule has 1 heterocycles. The second kappa shape index (κ2) is 5.91. The summed E-state index contributed by atoms with van der Waals surface area (Å²) >= 11 is 5.86. The van der Waals surface area contributed by atoms with Crippen molar-refractivity contribution in [3.63, 3.8) is 0 Å². The third-order valence-corrected chi connectivity index (χ3v) is 5.19. The number of pyridine rings is 1. The molecule has 0 saturated heterocycles. The minimum Gasteiger partial charge on any atom is -0.243 e. The van der Waals surface area contributed by atoms with E-state index in [0.717, 1.165) is 11.1 Å². The number of hydrogen-bond donors (Lipinski definition) is 0. The van der Waals surface area contributed by atoms with Gasteiger partial charge < -0.3 is 0 Å². The Balaban J connectivity index is 2.26. The lowest BCUT2D eigenvalue weighted by Crippen LogP contribution is -2.26. The van der Waals surface area contributed by atoms with Crippen LogP contribution in [0.1, 0.15) is 11.1 Å². The normalized spacial score (nSPS) is 11.8. The molecular formula is C14H15ClN2O2S. The first kappa shape index (κ1) is 15.0. The standard InChI is InChI=1S/C14H15ClN2O2S/c1-11-5-7-12(8-6-11)10-17(2)20(18,19)13-4-3-9-16-14(13)15/h3-9H,10H2,1-2H3. The number of halogens is 1. The van der Waals surface area contributed by atoms with Crippen molar-refractivity contribution in [3.05, 3.63) is 58.9 Å². The Hall–Kier alpha value is -1.43. The molecule has 6 heteroatoms. The molecule has 0 amide bonds. The van der Waals surface area contributed by atoms with Crippen molar-refractivity contribution in [3.8, 4) is 0 Å². The van der Waals surface area contributed by atoms with Crippen molar-refractivity contribution in [2.24, 2.45) is 0 Å². The fourth-order valence-corrected chi connectivity index (χ4v) is 3.35. The molecule has 0 fully saturated rings. The van der Waals surface area contributed by atoms with Crippen LogP contribution >= 0.6 is 11.6 Å². The zero-order valence-corrected chi connectivity index (χ0v) is 12.8. The van der Waals surface area contributed by atoms with Gasteiger partial charge in [0.25, 0.3) is 0 Å². The third-order valence-electron chi connectivity index (χ3n) is 2.94. The molecule has 1 aromatic heterocycles. The van der Waals surface area contributed by atoms with Crippen molar-refractivity contribution in [1.82, 2.24) is 9.29 Å². The summed E-state index contributed by atoms with van der Waals surface area (Å²) in [4.78, 5) is 3.83. The van der Waals surface area contributed by atoms with E-state index in [0.29, 0.717) is 0 Å². The van der Waals surface area contributed by atoms with Crippen LogP contribution in [0.2, 0.25) is 5.15 Å². The van der Waals surface area contributed by atoms with Gasteiger partial charge in [-0.05, 0) is 24.6 Å². The molecule has 2 aromatic rings. The average Bonchev–Trinajstić information content (AvgIpc) is 2.41. The Labute approximate surface area is 124 Å². The molecule has 2 rings (SSSR count). The highest BCUT2D eigenvalue weighted by atomic mass is 35.5. The highest BCUT2D eigenvalue weighted by Crippen LogP contribution is 2.22. The molecule has 4 nitrogen and oxygen atoms in total. The molecule has 1 aromatic carbocycles.